The summed E-state index contributed by atoms with van der Waals surface area (Å²) in [4.78, 5) is 26.6. The van der Waals surface area contributed by atoms with Gasteiger partial charge in [-0.1, -0.05) is 30.3 Å². The zero-order valence-electron chi connectivity index (χ0n) is 9.46. The van der Waals surface area contributed by atoms with E-state index < -0.39 is 0 Å². The minimum absolute atomic E-state index is 0.0894. The quantitative estimate of drug-likeness (QED) is 0.746. The number of hydrogen-bond donors (Lipinski definition) is 0. The summed E-state index contributed by atoms with van der Waals surface area (Å²) in [6, 6.07) is 9.59. The van der Waals surface area contributed by atoms with Gasteiger partial charge in [0.15, 0.2) is 6.29 Å². The van der Waals surface area contributed by atoms with E-state index in [-0.39, 0.29) is 11.1 Å². The molecule has 0 radical (unpaired) electrons. The largest absolute Gasteiger partial charge is 0.298 e. The van der Waals surface area contributed by atoms with Crippen molar-refractivity contribution < 1.29 is 4.79 Å². The van der Waals surface area contributed by atoms with Gasteiger partial charge >= 0.3 is 0 Å². The van der Waals surface area contributed by atoms with Gasteiger partial charge in [-0.25, -0.2) is 4.98 Å². The van der Waals surface area contributed by atoms with Crippen LogP contribution in [-0.2, 0) is 6.54 Å². The number of hydrogen-bond acceptors (Lipinski definition) is 3. The van der Waals surface area contributed by atoms with E-state index in [1.54, 1.807) is 6.92 Å². The Kier molecular flexibility index (Phi) is 3.14. The van der Waals surface area contributed by atoms with Gasteiger partial charge in [-0.3, -0.25) is 14.2 Å². The second kappa shape index (κ2) is 4.74. The molecule has 0 saturated heterocycles. The van der Waals surface area contributed by atoms with Crippen molar-refractivity contribution in [3.63, 3.8) is 0 Å². The summed E-state index contributed by atoms with van der Waals surface area (Å²) in [7, 11) is 0. The van der Waals surface area contributed by atoms with Crippen LogP contribution in [0, 0.1) is 6.92 Å². The van der Waals surface area contributed by atoms with Crippen LogP contribution < -0.4 is 5.56 Å². The van der Waals surface area contributed by atoms with Crippen molar-refractivity contribution in [3.05, 3.63) is 63.8 Å². The van der Waals surface area contributed by atoms with Gasteiger partial charge in [0.1, 0.15) is 5.82 Å². The van der Waals surface area contributed by atoms with Gasteiger partial charge in [0.25, 0.3) is 5.56 Å². The molecule has 0 atom stereocenters. The number of carbonyl (C=O) groups excluding carboxylic acids is 1. The van der Waals surface area contributed by atoms with E-state index in [9.17, 15) is 9.59 Å². The average molecular weight is 228 g/mol. The molecule has 0 aliphatic heterocycles. The first-order chi connectivity index (χ1) is 8.22. The highest BCUT2D eigenvalue weighted by molar-refractivity contribution is 5.73. The summed E-state index contributed by atoms with van der Waals surface area (Å²) in [6.07, 6.45) is 1.85. The smallest absolute Gasteiger partial charge is 0.264 e. The van der Waals surface area contributed by atoms with Crippen molar-refractivity contribution in [2.24, 2.45) is 0 Å². The topological polar surface area (TPSA) is 52.0 Å². The lowest BCUT2D eigenvalue weighted by Gasteiger charge is -2.09. The molecule has 0 bridgehead atoms. The Morgan fingerprint density at radius 3 is 2.65 bits per heavy atom. The van der Waals surface area contributed by atoms with E-state index in [0.717, 1.165) is 5.56 Å². The molecule has 2 rings (SSSR count). The highest BCUT2D eigenvalue weighted by Crippen LogP contribution is 2.02. The minimum Gasteiger partial charge on any atom is -0.298 e. The van der Waals surface area contributed by atoms with Gasteiger partial charge in [-0.05, 0) is 12.5 Å². The molecule has 17 heavy (non-hydrogen) atoms. The molecule has 4 heteroatoms. The van der Waals surface area contributed by atoms with E-state index in [4.69, 9.17) is 0 Å². The third-order valence-corrected chi connectivity index (χ3v) is 2.58. The first-order valence-electron chi connectivity index (χ1n) is 5.28. The van der Waals surface area contributed by atoms with Crippen LogP contribution >= 0.6 is 0 Å². The number of carbonyl (C=O) groups is 1. The van der Waals surface area contributed by atoms with E-state index >= 15 is 0 Å². The van der Waals surface area contributed by atoms with Crippen molar-refractivity contribution in [3.8, 4) is 0 Å². The molecule has 0 spiro atoms. The van der Waals surface area contributed by atoms with Crippen molar-refractivity contribution in [2.75, 3.05) is 0 Å². The maximum absolute atomic E-state index is 11.9. The molecule has 0 N–H and O–H groups in total. The number of rotatable bonds is 3. The SMILES string of the molecule is Cc1ncc(C=O)c(=O)n1Cc1ccccc1. The zero-order chi connectivity index (χ0) is 12.3. The van der Waals surface area contributed by atoms with Gasteiger partial charge in [0.2, 0.25) is 0 Å². The summed E-state index contributed by atoms with van der Waals surface area (Å²) in [5, 5.41) is 0. The Hall–Kier alpha value is -2.23. The lowest BCUT2D eigenvalue weighted by atomic mass is 10.2. The molecule has 0 unspecified atom stereocenters. The predicted molar refractivity (Wildman–Crippen MR) is 64.2 cm³/mol. The van der Waals surface area contributed by atoms with E-state index in [1.165, 1.54) is 10.8 Å². The molecular weight excluding hydrogens is 216 g/mol. The van der Waals surface area contributed by atoms with Gasteiger partial charge in [0, 0.05) is 6.20 Å². The van der Waals surface area contributed by atoms with Crippen LogP contribution in [0.5, 0.6) is 0 Å². The summed E-state index contributed by atoms with van der Waals surface area (Å²) >= 11 is 0. The maximum atomic E-state index is 11.9. The number of aldehydes is 1. The first kappa shape index (κ1) is 11.3. The number of benzene rings is 1. The number of aryl methyl sites for hydroxylation is 1. The third-order valence-electron chi connectivity index (χ3n) is 2.58. The Morgan fingerprint density at radius 1 is 1.29 bits per heavy atom. The van der Waals surface area contributed by atoms with Gasteiger partial charge < -0.3 is 0 Å². The molecule has 1 aromatic heterocycles. The van der Waals surface area contributed by atoms with Crippen LogP contribution in [0.1, 0.15) is 21.7 Å². The van der Waals surface area contributed by atoms with E-state index in [2.05, 4.69) is 4.98 Å². The molecule has 1 aromatic carbocycles. The van der Waals surface area contributed by atoms with Gasteiger partial charge in [-0.15, -0.1) is 0 Å². The van der Waals surface area contributed by atoms with Gasteiger partial charge in [0.05, 0.1) is 12.1 Å². The van der Waals surface area contributed by atoms with Crippen LogP contribution in [0.3, 0.4) is 0 Å². The lowest BCUT2D eigenvalue weighted by molar-refractivity contribution is 0.112. The lowest BCUT2D eigenvalue weighted by Crippen LogP contribution is -2.27. The van der Waals surface area contributed by atoms with E-state index in [1.807, 2.05) is 30.3 Å². The normalized spacial score (nSPS) is 10.2. The Bertz CT molecular complexity index is 588. The minimum atomic E-state index is -0.295. The molecule has 0 saturated carbocycles. The Balaban J connectivity index is 2.46. The second-order valence-corrected chi connectivity index (χ2v) is 3.76. The zero-order valence-corrected chi connectivity index (χ0v) is 9.46. The fourth-order valence-electron chi connectivity index (χ4n) is 1.62. The molecule has 0 aliphatic carbocycles. The summed E-state index contributed by atoms with van der Waals surface area (Å²) in [6.45, 7) is 2.18. The van der Waals surface area contributed by atoms with Crippen LogP contribution in [0.15, 0.2) is 41.3 Å². The predicted octanol–water partition coefficient (Wildman–Crippen LogP) is 1.41. The van der Waals surface area contributed by atoms with Crippen molar-refractivity contribution in [1.29, 1.82) is 0 Å². The molecule has 4 nitrogen and oxygen atoms in total. The molecule has 2 aromatic rings. The number of aromatic nitrogens is 2. The molecule has 0 aliphatic rings. The van der Waals surface area contributed by atoms with Crippen LogP contribution in [0.25, 0.3) is 0 Å². The highest BCUT2D eigenvalue weighted by atomic mass is 16.1. The summed E-state index contributed by atoms with van der Waals surface area (Å²) < 4.78 is 1.50. The average Bonchev–Trinajstić information content (AvgIpc) is 2.36. The summed E-state index contributed by atoms with van der Waals surface area (Å²) in [5.74, 6) is 0.601. The monoisotopic (exact) mass is 228 g/mol. The third kappa shape index (κ3) is 2.30. The Morgan fingerprint density at radius 2 is 2.00 bits per heavy atom. The maximum Gasteiger partial charge on any atom is 0.264 e. The second-order valence-electron chi connectivity index (χ2n) is 3.76. The molecule has 86 valence electrons. The first-order valence-corrected chi connectivity index (χ1v) is 5.28. The van der Waals surface area contributed by atoms with Gasteiger partial charge in [-0.2, -0.15) is 0 Å². The van der Waals surface area contributed by atoms with Crippen LogP contribution in [0.4, 0.5) is 0 Å². The van der Waals surface area contributed by atoms with E-state index in [0.29, 0.717) is 18.7 Å². The fourth-order valence-corrected chi connectivity index (χ4v) is 1.62. The molecule has 0 amide bonds. The molecule has 0 fully saturated rings. The van der Waals surface area contributed by atoms with Crippen molar-refractivity contribution in [2.45, 2.75) is 13.5 Å². The van der Waals surface area contributed by atoms with Crippen LogP contribution in [-0.4, -0.2) is 15.8 Å². The molecular formula is C13H12N2O2. The van der Waals surface area contributed by atoms with Crippen molar-refractivity contribution in [1.82, 2.24) is 9.55 Å². The number of nitrogens with zero attached hydrogens (tertiary/aromatic N) is 2. The molecule has 1 heterocycles. The highest BCUT2D eigenvalue weighted by Gasteiger charge is 2.06. The van der Waals surface area contributed by atoms with Crippen LogP contribution in [0.2, 0.25) is 0 Å². The van der Waals surface area contributed by atoms with Crippen molar-refractivity contribution >= 4 is 6.29 Å². The summed E-state index contributed by atoms with van der Waals surface area (Å²) in [5.41, 5.74) is 0.797. The fraction of sp³-hybridized carbons (Fsp3) is 0.154. The Labute approximate surface area is 98.6 Å². The standard InChI is InChI=1S/C13H12N2O2/c1-10-14-7-12(9-16)13(17)15(10)8-11-5-3-2-4-6-11/h2-7,9H,8H2,1H3.